The van der Waals surface area contributed by atoms with Crippen LogP contribution in [0.4, 0.5) is 11.4 Å². The molecule has 0 unspecified atom stereocenters. The Balaban J connectivity index is 2.05. The van der Waals surface area contributed by atoms with Crippen LogP contribution in [-0.2, 0) is 9.53 Å². The second kappa shape index (κ2) is 5.05. The first kappa shape index (κ1) is 11.7. The van der Waals surface area contributed by atoms with E-state index < -0.39 is 0 Å². The van der Waals surface area contributed by atoms with Crippen molar-refractivity contribution in [3.63, 3.8) is 0 Å². The van der Waals surface area contributed by atoms with Crippen molar-refractivity contribution in [3.8, 4) is 5.75 Å². The van der Waals surface area contributed by atoms with Crippen LogP contribution in [0.3, 0.4) is 0 Å². The van der Waals surface area contributed by atoms with Crippen molar-refractivity contribution in [1.29, 1.82) is 0 Å². The number of nitrogen functional groups attached to an aromatic ring is 1. The van der Waals surface area contributed by atoms with Crippen LogP contribution in [0.25, 0.3) is 0 Å². The molecule has 0 aromatic heterocycles. The number of methoxy groups -OCH3 is 1. The fraction of sp³-hybridized carbons (Fsp3) is 0.417. The van der Waals surface area contributed by atoms with Gasteiger partial charge in [-0.25, -0.2) is 0 Å². The van der Waals surface area contributed by atoms with E-state index in [1.807, 2.05) is 0 Å². The maximum absolute atomic E-state index is 11.8. The molecule has 17 heavy (non-hydrogen) atoms. The number of nitrogens with one attached hydrogen (secondary N) is 1. The topological polar surface area (TPSA) is 73.6 Å². The lowest BCUT2D eigenvalue weighted by Gasteiger charge is -2.12. The Hall–Kier alpha value is -1.75. The Morgan fingerprint density at radius 1 is 1.59 bits per heavy atom. The van der Waals surface area contributed by atoms with Crippen molar-refractivity contribution in [2.45, 2.75) is 18.9 Å². The summed E-state index contributed by atoms with van der Waals surface area (Å²) in [6.45, 7) is 0.649. The van der Waals surface area contributed by atoms with Crippen molar-refractivity contribution < 1.29 is 14.3 Å². The summed E-state index contributed by atoms with van der Waals surface area (Å²) in [5.41, 5.74) is 6.88. The third-order valence-electron chi connectivity index (χ3n) is 2.74. The molecule has 1 fully saturated rings. The molecule has 1 aliphatic heterocycles. The Labute approximate surface area is 99.9 Å². The molecular formula is C12H16N2O3. The summed E-state index contributed by atoms with van der Waals surface area (Å²) in [6.07, 6.45) is 1.34. The number of hydrogen-bond acceptors (Lipinski definition) is 4. The summed E-state index contributed by atoms with van der Waals surface area (Å²) >= 11 is 0. The van der Waals surface area contributed by atoms with Gasteiger partial charge in [0.25, 0.3) is 5.91 Å². The molecule has 0 radical (unpaired) electrons. The molecule has 5 heteroatoms. The normalized spacial score (nSPS) is 19.0. The van der Waals surface area contributed by atoms with Crippen molar-refractivity contribution in [3.05, 3.63) is 18.2 Å². The van der Waals surface area contributed by atoms with Crippen LogP contribution in [0, 0.1) is 0 Å². The Bertz CT molecular complexity index is 414. The molecule has 1 atom stereocenters. The van der Waals surface area contributed by atoms with Gasteiger partial charge in [0, 0.05) is 12.7 Å². The number of benzene rings is 1. The molecule has 3 N–H and O–H groups in total. The molecule has 5 nitrogen and oxygen atoms in total. The third kappa shape index (κ3) is 2.68. The summed E-state index contributed by atoms with van der Waals surface area (Å²) in [7, 11) is 1.57. The monoisotopic (exact) mass is 236 g/mol. The van der Waals surface area contributed by atoms with Gasteiger partial charge in [-0.15, -0.1) is 0 Å². The van der Waals surface area contributed by atoms with Gasteiger partial charge in [0.05, 0.1) is 18.5 Å². The van der Waals surface area contributed by atoms with E-state index in [0.717, 1.165) is 12.8 Å². The predicted octanol–water partition coefficient (Wildman–Crippen LogP) is 1.39. The molecule has 0 saturated carbocycles. The lowest BCUT2D eigenvalue weighted by molar-refractivity contribution is -0.124. The van der Waals surface area contributed by atoms with Gasteiger partial charge in [-0.05, 0) is 25.0 Å². The van der Waals surface area contributed by atoms with Crippen LogP contribution in [0.5, 0.6) is 5.75 Å². The summed E-state index contributed by atoms with van der Waals surface area (Å²) in [4.78, 5) is 11.8. The highest BCUT2D eigenvalue weighted by Crippen LogP contribution is 2.25. The molecule has 92 valence electrons. The zero-order valence-corrected chi connectivity index (χ0v) is 9.73. The lowest BCUT2D eigenvalue weighted by Crippen LogP contribution is -2.27. The standard InChI is InChI=1S/C12H16N2O3/c1-16-8-4-5-10(9(13)7-8)14-12(15)11-3-2-6-17-11/h4-5,7,11H,2-3,6,13H2,1H3,(H,14,15)/t11-/m1/s1. The minimum absolute atomic E-state index is 0.139. The number of nitrogens with two attached hydrogens (primary N) is 1. The zero-order valence-electron chi connectivity index (χ0n) is 9.73. The van der Waals surface area contributed by atoms with Crippen LogP contribution >= 0.6 is 0 Å². The van der Waals surface area contributed by atoms with E-state index in [0.29, 0.717) is 23.7 Å². The average Bonchev–Trinajstić information content (AvgIpc) is 2.85. The molecule has 1 aromatic rings. The molecule has 0 aliphatic carbocycles. The van der Waals surface area contributed by atoms with Gasteiger partial charge >= 0.3 is 0 Å². The SMILES string of the molecule is COc1ccc(NC(=O)[C@H]2CCCO2)c(N)c1. The summed E-state index contributed by atoms with van der Waals surface area (Å²) in [5, 5.41) is 2.76. The average molecular weight is 236 g/mol. The van der Waals surface area contributed by atoms with E-state index in [1.165, 1.54) is 0 Å². The van der Waals surface area contributed by atoms with Gasteiger partial charge in [0.2, 0.25) is 0 Å². The van der Waals surface area contributed by atoms with Crippen molar-refractivity contribution in [1.82, 2.24) is 0 Å². The highest BCUT2D eigenvalue weighted by Gasteiger charge is 2.23. The quantitative estimate of drug-likeness (QED) is 0.778. The number of carbonyl (C=O) groups excluding carboxylic acids is 1. The molecule has 1 heterocycles. The highest BCUT2D eigenvalue weighted by molar-refractivity contribution is 5.97. The first-order valence-corrected chi connectivity index (χ1v) is 5.56. The fourth-order valence-corrected chi connectivity index (χ4v) is 1.78. The van der Waals surface area contributed by atoms with Crippen molar-refractivity contribution >= 4 is 17.3 Å². The van der Waals surface area contributed by atoms with Crippen LogP contribution in [-0.4, -0.2) is 25.7 Å². The summed E-state index contributed by atoms with van der Waals surface area (Å²) in [6, 6.07) is 5.15. The van der Waals surface area contributed by atoms with Crippen LogP contribution in [0.15, 0.2) is 18.2 Å². The first-order chi connectivity index (χ1) is 8.20. The van der Waals surface area contributed by atoms with Crippen LogP contribution in [0.2, 0.25) is 0 Å². The number of ether oxygens (including phenoxy) is 2. The van der Waals surface area contributed by atoms with Crippen molar-refractivity contribution in [2.24, 2.45) is 0 Å². The number of anilines is 2. The van der Waals surface area contributed by atoms with E-state index in [4.69, 9.17) is 15.2 Å². The Morgan fingerprint density at radius 2 is 2.41 bits per heavy atom. The molecule has 1 saturated heterocycles. The fourth-order valence-electron chi connectivity index (χ4n) is 1.78. The summed E-state index contributed by atoms with van der Waals surface area (Å²) in [5.74, 6) is 0.525. The number of rotatable bonds is 3. The highest BCUT2D eigenvalue weighted by atomic mass is 16.5. The van der Waals surface area contributed by atoms with Gasteiger partial charge in [-0.2, -0.15) is 0 Å². The lowest BCUT2D eigenvalue weighted by atomic mass is 10.2. The number of carbonyl (C=O) groups is 1. The molecule has 1 amide bonds. The smallest absolute Gasteiger partial charge is 0.253 e. The van der Waals surface area contributed by atoms with Crippen LogP contribution < -0.4 is 15.8 Å². The van der Waals surface area contributed by atoms with E-state index in [9.17, 15) is 4.79 Å². The molecule has 0 spiro atoms. The van der Waals surface area contributed by atoms with E-state index >= 15 is 0 Å². The van der Waals surface area contributed by atoms with E-state index in [-0.39, 0.29) is 12.0 Å². The second-order valence-corrected chi connectivity index (χ2v) is 3.94. The first-order valence-electron chi connectivity index (χ1n) is 5.56. The Morgan fingerprint density at radius 3 is 3.00 bits per heavy atom. The second-order valence-electron chi connectivity index (χ2n) is 3.94. The largest absolute Gasteiger partial charge is 0.497 e. The maximum atomic E-state index is 11.8. The third-order valence-corrected chi connectivity index (χ3v) is 2.74. The van der Waals surface area contributed by atoms with Crippen molar-refractivity contribution in [2.75, 3.05) is 24.8 Å². The zero-order chi connectivity index (χ0) is 12.3. The maximum Gasteiger partial charge on any atom is 0.253 e. The van der Waals surface area contributed by atoms with Gasteiger partial charge in [-0.3, -0.25) is 4.79 Å². The molecule has 2 rings (SSSR count). The van der Waals surface area contributed by atoms with E-state index in [1.54, 1.807) is 25.3 Å². The minimum atomic E-state index is -0.350. The molecule has 0 bridgehead atoms. The van der Waals surface area contributed by atoms with Gasteiger partial charge < -0.3 is 20.5 Å². The number of hydrogen-bond donors (Lipinski definition) is 2. The number of amides is 1. The van der Waals surface area contributed by atoms with E-state index in [2.05, 4.69) is 5.32 Å². The predicted molar refractivity (Wildman–Crippen MR) is 65.0 cm³/mol. The Kier molecular flexibility index (Phi) is 3.49. The summed E-state index contributed by atoms with van der Waals surface area (Å²) < 4.78 is 10.3. The molecule has 1 aliphatic rings. The van der Waals surface area contributed by atoms with Crippen LogP contribution in [0.1, 0.15) is 12.8 Å². The molecular weight excluding hydrogens is 220 g/mol. The van der Waals surface area contributed by atoms with Gasteiger partial charge in [-0.1, -0.05) is 0 Å². The minimum Gasteiger partial charge on any atom is -0.497 e. The molecule has 1 aromatic carbocycles. The van der Waals surface area contributed by atoms with Gasteiger partial charge in [0.15, 0.2) is 0 Å². The van der Waals surface area contributed by atoms with Gasteiger partial charge in [0.1, 0.15) is 11.9 Å².